The van der Waals surface area contributed by atoms with Crippen molar-refractivity contribution in [2.24, 2.45) is 11.8 Å². The van der Waals surface area contributed by atoms with Crippen LogP contribution in [0.2, 0.25) is 0 Å². The molecule has 3 rings (SSSR count). The second kappa shape index (κ2) is 9.49. The van der Waals surface area contributed by atoms with E-state index in [4.69, 9.17) is 0 Å². The lowest BCUT2D eigenvalue weighted by molar-refractivity contribution is 0.0129. The Bertz CT molecular complexity index is 341. The number of halogens is 1. The first-order valence-corrected chi connectivity index (χ1v) is 10.3. The van der Waals surface area contributed by atoms with E-state index in [2.05, 4.69) is 42.8 Å². The molecule has 2 aliphatic heterocycles. The van der Waals surface area contributed by atoms with Gasteiger partial charge in [0.2, 0.25) is 0 Å². The summed E-state index contributed by atoms with van der Waals surface area (Å²) in [5.41, 5.74) is -0.942. The molecule has 0 aromatic rings. The Hall–Kier alpha value is -0.190. The molecule has 0 unspecified atom stereocenters. The summed E-state index contributed by atoms with van der Waals surface area (Å²) in [5.74, 6) is 2.04. The van der Waals surface area contributed by atoms with E-state index < -0.39 is 5.67 Å². The molecule has 3 aliphatic rings. The van der Waals surface area contributed by atoms with Crippen LogP contribution in [0.25, 0.3) is 0 Å². The third-order valence-electron chi connectivity index (χ3n) is 6.23. The van der Waals surface area contributed by atoms with Gasteiger partial charge in [0.15, 0.2) is 0 Å². The third kappa shape index (κ3) is 6.27. The average molecular weight is 342 g/mol. The SMILES string of the molecule is CC(C)C1CCC1.CC(C)N1CCC(F)(CN2CCNCC2)CC1. The Morgan fingerprint density at radius 1 is 1.00 bits per heavy atom. The first-order valence-electron chi connectivity index (χ1n) is 10.3. The summed E-state index contributed by atoms with van der Waals surface area (Å²) < 4.78 is 14.7. The molecule has 0 atom stereocenters. The molecule has 0 spiro atoms. The molecule has 0 aromatic heterocycles. The number of alkyl halides is 1. The van der Waals surface area contributed by atoms with Crippen LogP contribution >= 0.6 is 0 Å². The number of likely N-dealkylation sites (tertiary alicyclic amines) is 1. The van der Waals surface area contributed by atoms with Gasteiger partial charge < -0.3 is 10.2 Å². The van der Waals surface area contributed by atoms with Gasteiger partial charge in [0.25, 0.3) is 0 Å². The van der Waals surface area contributed by atoms with E-state index >= 15 is 0 Å². The van der Waals surface area contributed by atoms with Crippen LogP contribution in [-0.4, -0.2) is 67.3 Å². The molecule has 3 fully saturated rings. The van der Waals surface area contributed by atoms with E-state index in [1.165, 1.54) is 19.3 Å². The minimum atomic E-state index is -0.942. The van der Waals surface area contributed by atoms with Crippen LogP contribution in [0, 0.1) is 11.8 Å². The summed E-state index contributed by atoms with van der Waals surface area (Å²) in [6, 6.07) is 0.554. The summed E-state index contributed by atoms with van der Waals surface area (Å²) in [6.07, 6.45) is 5.89. The molecule has 0 aromatic carbocycles. The summed E-state index contributed by atoms with van der Waals surface area (Å²) in [4.78, 5) is 4.66. The quantitative estimate of drug-likeness (QED) is 0.844. The van der Waals surface area contributed by atoms with Gasteiger partial charge in [0.05, 0.1) is 0 Å². The number of hydrogen-bond donors (Lipinski definition) is 1. The molecule has 1 saturated carbocycles. The van der Waals surface area contributed by atoms with Crippen LogP contribution < -0.4 is 5.32 Å². The van der Waals surface area contributed by atoms with Gasteiger partial charge in [-0.3, -0.25) is 4.90 Å². The van der Waals surface area contributed by atoms with Gasteiger partial charge in [-0.1, -0.05) is 33.1 Å². The predicted molar refractivity (Wildman–Crippen MR) is 101 cm³/mol. The minimum absolute atomic E-state index is 0.554. The standard InChI is InChI=1S/C13H26FN3.C7H14/c1-12(2)17-7-3-13(14,4-8-17)11-16-9-5-15-6-10-16;1-6(2)7-4-3-5-7/h12,15H,3-11H2,1-2H3;6-7H,3-5H2,1-2H3. The summed E-state index contributed by atoms with van der Waals surface area (Å²) >= 11 is 0. The third-order valence-corrected chi connectivity index (χ3v) is 6.23. The summed E-state index contributed by atoms with van der Waals surface area (Å²) in [5, 5.41) is 3.31. The van der Waals surface area contributed by atoms with Crippen molar-refractivity contribution < 1.29 is 4.39 Å². The number of piperazine rings is 1. The zero-order valence-corrected chi connectivity index (χ0v) is 16.5. The molecule has 0 amide bonds. The maximum Gasteiger partial charge on any atom is 0.126 e. The zero-order chi connectivity index (χ0) is 17.6. The van der Waals surface area contributed by atoms with E-state index in [1.807, 2.05) is 0 Å². The van der Waals surface area contributed by atoms with E-state index in [9.17, 15) is 4.39 Å². The summed E-state index contributed by atoms with van der Waals surface area (Å²) in [6.45, 7) is 15.5. The summed E-state index contributed by atoms with van der Waals surface area (Å²) in [7, 11) is 0. The molecule has 142 valence electrons. The topological polar surface area (TPSA) is 18.5 Å². The lowest BCUT2D eigenvalue weighted by Gasteiger charge is -2.41. The Labute approximate surface area is 149 Å². The van der Waals surface area contributed by atoms with Crippen molar-refractivity contribution in [1.29, 1.82) is 0 Å². The van der Waals surface area contributed by atoms with Crippen LogP contribution in [0.15, 0.2) is 0 Å². The van der Waals surface area contributed by atoms with Crippen molar-refractivity contribution in [1.82, 2.24) is 15.1 Å². The van der Waals surface area contributed by atoms with Gasteiger partial charge in [-0.15, -0.1) is 0 Å². The molecular formula is C20H40FN3. The van der Waals surface area contributed by atoms with Crippen molar-refractivity contribution in [2.45, 2.75) is 71.5 Å². The maximum absolute atomic E-state index is 14.7. The van der Waals surface area contributed by atoms with Crippen LogP contribution in [0.5, 0.6) is 0 Å². The second-order valence-electron chi connectivity index (χ2n) is 8.74. The molecular weight excluding hydrogens is 301 g/mol. The predicted octanol–water partition coefficient (Wildman–Crippen LogP) is 3.55. The van der Waals surface area contributed by atoms with Gasteiger partial charge in [-0.25, -0.2) is 4.39 Å². The molecule has 2 saturated heterocycles. The molecule has 0 radical (unpaired) electrons. The Morgan fingerprint density at radius 2 is 1.58 bits per heavy atom. The fourth-order valence-electron chi connectivity index (χ4n) is 3.98. The molecule has 24 heavy (non-hydrogen) atoms. The first kappa shape index (κ1) is 20.1. The fourth-order valence-corrected chi connectivity index (χ4v) is 3.98. The van der Waals surface area contributed by atoms with Crippen molar-refractivity contribution >= 4 is 0 Å². The molecule has 2 heterocycles. The van der Waals surface area contributed by atoms with Crippen LogP contribution in [0.3, 0.4) is 0 Å². The van der Waals surface area contributed by atoms with Gasteiger partial charge in [-0.2, -0.15) is 0 Å². The first-order chi connectivity index (χ1) is 11.4. The zero-order valence-electron chi connectivity index (χ0n) is 16.5. The number of hydrogen-bond acceptors (Lipinski definition) is 3. The number of piperidine rings is 1. The Kier molecular flexibility index (Phi) is 7.96. The molecule has 0 bridgehead atoms. The Morgan fingerprint density at radius 3 is 1.96 bits per heavy atom. The highest BCUT2D eigenvalue weighted by Gasteiger charge is 2.36. The van der Waals surface area contributed by atoms with Crippen molar-refractivity contribution in [3.8, 4) is 0 Å². The highest BCUT2D eigenvalue weighted by atomic mass is 19.1. The van der Waals surface area contributed by atoms with Crippen LogP contribution in [-0.2, 0) is 0 Å². The van der Waals surface area contributed by atoms with Gasteiger partial charge in [0, 0.05) is 51.9 Å². The highest BCUT2D eigenvalue weighted by Crippen LogP contribution is 2.32. The highest BCUT2D eigenvalue weighted by molar-refractivity contribution is 4.90. The minimum Gasteiger partial charge on any atom is -0.314 e. The van der Waals surface area contributed by atoms with E-state index in [-0.39, 0.29) is 0 Å². The van der Waals surface area contributed by atoms with Crippen LogP contribution in [0.4, 0.5) is 4.39 Å². The maximum atomic E-state index is 14.7. The molecule has 1 aliphatic carbocycles. The van der Waals surface area contributed by atoms with Crippen molar-refractivity contribution in [2.75, 3.05) is 45.8 Å². The lowest BCUT2D eigenvalue weighted by Crippen LogP contribution is -2.53. The largest absolute Gasteiger partial charge is 0.314 e. The molecule has 3 nitrogen and oxygen atoms in total. The van der Waals surface area contributed by atoms with E-state index in [0.717, 1.165) is 51.1 Å². The molecule has 1 N–H and O–H groups in total. The average Bonchev–Trinajstić information content (AvgIpc) is 2.46. The monoisotopic (exact) mass is 341 g/mol. The second-order valence-corrected chi connectivity index (χ2v) is 8.74. The van der Waals surface area contributed by atoms with Crippen molar-refractivity contribution in [3.05, 3.63) is 0 Å². The normalized spacial score (nSPS) is 26.1. The lowest BCUT2D eigenvalue weighted by atomic mass is 9.78. The number of rotatable bonds is 4. The van der Waals surface area contributed by atoms with E-state index in [1.54, 1.807) is 0 Å². The smallest absolute Gasteiger partial charge is 0.126 e. The fraction of sp³-hybridized carbons (Fsp3) is 1.00. The van der Waals surface area contributed by atoms with Gasteiger partial charge in [-0.05, 0) is 38.5 Å². The number of nitrogens with one attached hydrogen (secondary N) is 1. The van der Waals surface area contributed by atoms with Crippen molar-refractivity contribution in [3.63, 3.8) is 0 Å². The molecule has 4 heteroatoms. The Balaban J connectivity index is 0.000000249. The van der Waals surface area contributed by atoms with E-state index in [0.29, 0.717) is 25.4 Å². The number of nitrogens with zero attached hydrogens (tertiary/aromatic N) is 2. The van der Waals surface area contributed by atoms with Crippen LogP contribution in [0.1, 0.15) is 59.8 Å². The van der Waals surface area contributed by atoms with Gasteiger partial charge >= 0.3 is 0 Å². The van der Waals surface area contributed by atoms with Gasteiger partial charge in [0.1, 0.15) is 5.67 Å².